The summed E-state index contributed by atoms with van der Waals surface area (Å²) in [5, 5.41) is 0. The van der Waals surface area contributed by atoms with Crippen LogP contribution >= 0.6 is 0 Å². The number of rotatable bonds is 2. The Hall–Kier alpha value is -0.530. The van der Waals surface area contributed by atoms with Crippen molar-refractivity contribution in [1.29, 1.82) is 0 Å². The van der Waals surface area contributed by atoms with Crippen LogP contribution in [0.1, 0.15) is 33.1 Å². The molecule has 1 aliphatic heterocycles. The smallest absolute Gasteiger partial charge is 0.306 e. The molecule has 0 N–H and O–H groups in total. The minimum Gasteiger partial charge on any atom is -0.462 e. The zero-order chi connectivity index (χ0) is 7.56. The van der Waals surface area contributed by atoms with Gasteiger partial charge in [0.05, 0.1) is 0 Å². The average Bonchev–Trinajstić information content (AvgIpc) is 2.13. The third-order valence-electron chi connectivity index (χ3n) is 1.70. The van der Waals surface area contributed by atoms with Gasteiger partial charge in [0.2, 0.25) is 0 Å². The fourth-order valence-electron chi connectivity index (χ4n) is 1.27. The fraction of sp³-hybridized carbons (Fsp3) is 0.875. The van der Waals surface area contributed by atoms with E-state index in [4.69, 9.17) is 4.74 Å². The number of ether oxygens (including phenoxy) is 1. The summed E-state index contributed by atoms with van der Waals surface area (Å²) < 4.78 is 5.03. The Bertz CT molecular complexity index is 129. The Morgan fingerprint density at radius 2 is 2.40 bits per heavy atom. The summed E-state index contributed by atoms with van der Waals surface area (Å²) in [5.74, 6) is 0.613. The first-order valence-corrected chi connectivity index (χ1v) is 3.88. The molecule has 1 atom stereocenters. The number of esters is 1. The molecule has 1 fully saturated rings. The maximum atomic E-state index is 10.6. The van der Waals surface area contributed by atoms with Crippen molar-refractivity contribution in [3.05, 3.63) is 0 Å². The van der Waals surface area contributed by atoms with Gasteiger partial charge in [0.25, 0.3) is 0 Å². The zero-order valence-corrected chi connectivity index (χ0v) is 6.59. The average molecular weight is 142 g/mol. The molecule has 2 nitrogen and oxygen atoms in total. The Morgan fingerprint density at radius 1 is 1.70 bits per heavy atom. The highest BCUT2D eigenvalue weighted by atomic mass is 16.5. The van der Waals surface area contributed by atoms with Gasteiger partial charge in [-0.3, -0.25) is 4.79 Å². The predicted octanol–water partition coefficient (Wildman–Crippen LogP) is 1.74. The minimum absolute atomic E-state index is 0.0225. The van der Waals surface area contributed by atoms with Gasteiger partial charge in [0, 0.05) is 6.42 Å². The van der Waals surface area contributed by atoms with E-state index in [1.54, 1.807) is 0 Å². The molecule has 0 amide bonds. The molecule has 0 radical (unpaired) electrons. The van der Waals surface area contributed by atoms with E-state index in [9.17, 15) is 4.79 Å². The highest BCUT2D eigenvalue weighted by molar-refractivity contribution is 5.71. The molecule has 0 aromatic rings. The lowest BCUT2D eigenvalue weighted by Crippen LogP contribution is -2.09. The van der Waals surface area contributed by atoms with Crippen LogP contribution in [-0.2, 0) is 9.53 Å². The van der Waals surface area contributed by atoms with Gasteiger partial charge < -0.3 is 4.74 Å². The summed E-state index contributed by atoms with van der Waals surface area (Å²) in [6, 6.07) is 0. The maximum Gasteiger partial charge on any atom is 0.306 e. The van der Waals surface area contributed by atoms with Gasteiger partial charge in [-0.2, -0.15) is 0 Å². The van der Waals surface area contributed by atoms with Crippen LogP contribution in [0.5, 0.6) is 0 Å². The summed E-state index contributed by atoms with van der Waals surface area (Å²) in [4.78, 5) is 10.6. The molecule has 0 bridgehead atoms. The summed E-state index contributed by atoms with van der Waals surface area (Å²) in [7, 11) is 0. The Morgan fingerprint density at radius 3 is 2.80 bits per heavy atom. The van der Waals surface area contributed by atoms with Crippen LogP contribution < -0.4 is 0 Å². The predicted molar refractivity (Wildman–Crippen MR) is 38.6 cm³/mol. The maximum absolute atomic E-state index is 10.6. The standard InChI is InChI=1S/C8H14O2/c1-6(2)5-7-3-4-8(9)10-7/h6-7H,3-5H2,1-2H3/t7-/m0/s1. The molecule has 0 saturated carbocycles. The van der Waals surface area contributed by atoms with E-state index >= 15 is 0 Å². The molecule has 0 unspecified atom stereocenters. The van der Waals surface area contributed by atoms with Gasteiger partial charge in [-0.1, -0.05) is 13.8 Å². The highest BCUT2D eigenvalue weighted by Gasteiger charge is 2.23. The molecule has 1 saturated heterocycles. The van der Waals surface area contributed by atoms with Crippen molar-refractivity contribution in [3.63, 3.8) is 0 Å². The van der Waals surface area contributed by atoms with E-state index in [0.717, 1.165) is 12.8 Å². The van der Waals surface area contributed by atoms with Gasteiger partial charge in [-0.15, -0.1) is 0 Å². The van der Waals surface area contributed by atoms with Gasteiger partial charge in [0.1, 0.15) is 6.10 Å². The van der Waals surface area contributed by atoms with Crippen LogP contribution in [0, 0.1) is 5.92 Å². The zero-order valence-electron chi connectivity index (χ0n) is 6.59. The van der Waals surface area contributed by atoms with E-state index in [2.05, 4.69) is 13.8 Å². The van der Waals surface area contributed by atoms with E-state index < -0.39 is 0 Å². The van der Waals surface area contributed by atoms with Gasteiger partial charge in [-0.05, 0) is 18.8 Å². The number of carbonyl (C=O) groups is 1. The normalized spacial score (nSPS) is 25.5. The minimum atomic E-state index is -0.0225. The molecular weight excluding hydrogens is 128 g/mol. The monoisotopic (exact) mass is 142 g/mol. The second kappa shape index (κ2) is 3.04. The second-order valence-electron chi connectivity index (χ2n) is 3.28. The lowest BCUT2D eigenvalue weighted by Gasteiger charge is -2.10. The van der Waals surface area contributed by atoms with E-state index in [1.165, 1.54) is 0 Å². The van der Waals surface area contributed by atoms with Crippen molar-refractivity contribution in [2.45, 2.75) is 39.2 Å². The van der Waals surface area contributed by atoms with Crippen LogP contribution in [0.2, 0.25) is 0 Å². The quantitative estimate of drug-likeness (QED) is 0.549. The first-order valence-electron chi connectivity index (χ1n) is 3.88. The molecule has 0 aliphatic carbocycles. The molecule has 0 aromatic heterocycles. The van der Waals surface area contributed by atoms with Gasteiger partial charge >= 0.3 is 5.97 Å². The van der Waals surface area contributed by atoms with E-state index in [1.807, 2.05) is 0 Å². The number of hydrogen-bond donors (Lipinski definition) is 0. The molecule has 1 rings (SSSR count). The fourth-order valence-corrected chi connectivity index (χ4v) is 1.27. The van der Waals surface area contributed by atoms with Crippen LogP contribution in [0.15, 0.2) is 0 Å². The molecule has 0 aromatic carbocycles. The van der Waals surface area contributed by atoms with Gasteiger partial charge in [-0.25, -0.2) is 0 Å². The first kappa shape index (κ1) is 7.58. The first-order chi connectivity index (χ1) is 4.68. The van der Waals surface area contributed by atoms with Crippen LogP contribution in [0.3, 0.4) is 0 Å². The molecule has 1 aliphatic rings. The Balaban J connectivity index is 2.24. The SMILES string of the molecule is CC(C)C[C@@H]1CCC(=O)O1. The van der Waals surface area contributed by atoms with Crippen molar-refractivity contribution in [1.82, 2.24) is 0 Å². The molecule has 1 heterocycles. The molecular formula is C8H14O2. The van der Waals surface area contributed by atoms with Crippen LogP contribution in [-0.4, -0.2) is 12.1 Å². The van der Waals surface area contributed by atoms with Crippen LogP contribution in [0.4, 0.5) is 0 Å². The third-order valence-corrected chi connectivity index (χ3v) is 1.70. The van der Waals surface area contributed by atoms with E-state index in [-0.39, 0.29) is 12.1 Å². The molecule has 58 valence electrons. The summed E-state index contributed by atoms with van der Waals surface area (Å²) >= 11 is 0. The molecule has 0 spiro atoms. The third kappa shape index (κ3) is 2.01. The Labute approximate surface area is 61.6 Å². The van der Waals surface area contributed by atoms with Crippen molar-refractivity contribution >= 4 is 5.97 Å². The Kier molecular flexibility index (Phi) is 2.30. The van der Waals surface area contributed by atoms with Crippen LogP contribution in [0.25, 0.3) is 0 Å². The van der Waals surface area contributed by atoms with E-state index in [0.29, 0.717) is 12.3 Å². The number of carbonyl (C=O) groups excluding carboxylic acids is 1. The largest absolute Gasteiger partial charge is 0.462 e. The summed E-state index contributed by atoms with van der Waals surface area (Å²) in [6.07, 6.45) is 2.78. The molecule has 10 heavy (non-hydrogen) atoms. The second-order valence-corrected chi connectivity index (χ2v) is 3.28. The van der Waals surface area contributed by atoms with Crippen molar-refractivity contribution < 1.29 is 9.53 Å². The van der Waals surface area contributed by atoms with Crippen molar-refractivity contribution in [2.75, 3.05) is 0 Å². The van der Waals surface area contributed by atoms with Crippen molar-refractivity contribution in [3.8, 4) is 0 Å². The lowest BCUT2D eigenvalue weighted by atomic mass is 10.0. The molecule has 2 heteroatoms. The van der Waals surface area contributed by atoms with Gasteiger partial charge in [0.15, 0.2) is 0 Å². The highest BCUT2D eigenvalue weighted by Crippen LogP contribution is 2.20. The summed E-state index contributed by atoms with van der Waals surface area (Å²) in [5.41, 5.74) is 0. The summed E-state index contributed by atoms with van der Waals surface area (Å²) in [6.45, 7) is 4.29. The van der Waals surface area contributed by atoms with Crippen molar-refractivity contribution in [2.24, 2.45) is 5.92 Å². The topological polar surface area (TPSA) is 26.3 Å². The number of hydrogen-bond acceptors (Lipinski definition) is 2. The lowest BCUT2D eigenvalue weighted by molar-refractivity contribution is -0.141. The number of cyclic esters (lactones) is 1.